The molecule has 2 heterocycles. The van der Waals surface area contributed by atoms with Crippen LogP contribution in [-0.2, 0) is 6.42 Å². The molecule has 3 rings (SSSR count). The van der Waals surface area contributed by atoms with Crippen LogP contribution >= 0.6 is 34.7 Å². The number of hydrogen-bond acceptors (Lipinski definition) is 6. The molecule has 2 aromatic heterocycles. The molecule has 0 unspecified atom stereocenters. The molecular weight excluding hydrogens is 364 g/mol. The quantitative estimate of drug-likeness (QED) is 0.347. The summed E-state index contributed by atoms with van der Waals surface area (Å²) in [5.41, 5.74) is 0.568. The van der Waals surface area contributed by atoms with E-state index in [9.17, 15) is 4.79 Å². The monoisotopic (exact) mass is 378 g/mol. The number of halogens is 1. The second-order valence-corrected chi connectivity index (χ2v) is 7.51. The molecule has 0 aliphatic carbocycles. The fraction of sp³-hybridized carbons (Fsp3) is 0.235. The van der Waals surface area contributed by atoms with E-state index in [1.165, 1.54) is 16.6 Å². The number of thioether (sulfide) groups is 1. The van der Waals surface area contributed by atoms with Crippen LogP contribution in [-0.4, -0.2) is 28.6 Å². The van der Waals surface area contributed by atoms with E-state index in [2.05, 4.69) is 23.0 Å². The fourth-order valence-electron chi connectivity index (χ4n) is 2.23. The van der Waals surface area contributed by atoms with E-state index in [-0.39, 0.29) is 5.78 Å². The van der Waals surface area contributed by atoms with Crippen molar-refractivity contribution in [1.29, 1.82) is 0 Å². The van der Waals surface area contributed by atoms with E-state index in [4.69, 9.17) is 16.3 Å². The first-order chi connectivity index (χ1) is 11.6. The number of ether oxygens (including phenoxy) is 1. The van der Waals surface area contributed by atoms with Crippen LogP contribution in [0.5, 0.6) is 5.75 Å². The highest BCUT2D eigenvalue weighted by atomic mass is 35.5. The Morgan fingerprint density at radius 1 is 1.33 bits per heavy atom. The maximum absolute atomic E-state index is 12.4. The average Bonchev–Trinajstić information content (AvgIpc) is 3.03. The molecule has 24 heavy (non-hydrogen) atoms. The molecule has 0 aliphatic heterocycles. The summed E-state index contributed by atoms with van der Waals surface area (Å²) in [6, 6.07) is 7.17. The first-order valence-electron chi connectivity index (χ1n) is 7.35. The van der Waals surface area contributed by atoms with E-state index in [0.717, 1.165) is 21.7 Å². The van der Waals surface area contributed by atoms with E-state index in [0.29, 0.717) is 22.1 Å². The van der Waals surface area contributed by atoms with Gasteiger partial charge in [0.05, 0.1) is 17.9 Å². The maximum Gasteiger partial charge on any atom is 0.173 e. The number of Topliss-reactive ketones (excluding diaryl/α,β-unsaturated/α-hetero) is 1. The minimum atomic E-state index is 0.00209. The second-order valence-electron chi connectivity index (χ2n) is 5.03. The predicted octanol–water partition coefficient (Wildman–Crippen LogP) is 4.89. The topological polar surface area (TPSA) is 52.1 Å². The lowest BCUT2D eigenvalue weighted by atomic mass is 10.1. The molecule has 0 saturated heterocycles. The first-order valence-corrected chi connectivity index (χ1v) is 9.53. The van der Waals surface area contributed by atoms with Gasteiger partial charge in [-0.3, -0.25) is 4.79 Å². The van der Waals surface area contributed by atoms with E-state index in [1.807, 2.05) is 0 Å². The van der Waals surface area contributed by atoms with Crippen molar-refractivity contribution in [3.63, 3.8) is 0 Å². The Balaban J connectivity index is 1.77. The normalized spacial score (nSPS) is 11.0. The second kappa shape index (κ2) is 7.51. The zero-order chi connectivity index (χ0) is 17.1. The number of carbonyl (C=O) groups excluding carboxylic acids is 1. The van der Waals surface area contributed by atoms with Crippen LogP contribution in [0.3, 0.4) is 0 Å². The van der Waals surface area contributed by atoms with Gasteiger partial charge in [-0.2, -0.15) is 0 Å². The molecule has 4 nitrogen and oxygen atoms in total. The van der Waals surface area contributed by atoms with E-state index < -0.39 is 0 Å². The van der Waals surface area contributed by atoms with Gasteiger partial charge in [0.25, 0.3) is 0 Å². The third-order valence-corrected chi connectivity index (χ3v) is 5.99. The molecule has 0 bridgehead atoms. The number of benzene rings is 1. The number of carbonyl (C=O) groups is 1. The summed E-state index contributed by atoms with van der Waals surface area (Å²) in [6.45, 7) is 2.11. The van der Waals surface area contributed by atoms with E-state index >= 15 is 0 Å². The van der Waals surface area contributed by atoms with Gasteiger partial charge < -0.3 is 4.74 Å². The number of aromatic nitrogens is 2. The zero-order valence-electron chi connectivity index (χ0n) is 13.2. The Bertz CT molecular complexity index is 895. The third kappa shape index (κ3) is 3.55. The number of nitrogens with zero attached hydrogens (tertiary/aromatic N) is 2. The Hall–Kier alpha value is -1.63. The molecule has 0 spiro atoms. The molecule has 1 aromatic carbocycles. The lowest BCUT2D eigenvalue weighted by molar-refractivity contribution is 0.102. The van der Waals surface area contributed by atoms with Crippen LogP contribution in [0.25, 0.3) is 10.2 Å². The van der Waals surface area contributed by atoms with Gasteiger partial charge in [0.1, 0.15) is 21.9 Å². The first kappa shape index (κ1) is 17.2. The van der Waals surface area contributed by atoms with Crippen LogP contribution < -0.4 is 4.74 Å². The highest BCUT2D eigenvalue weighted by molar-refractivity contribution is 8.00. The van der Waals surface area contributed by atoms with Gasteiger partial charge in [0.2, 0.25) is 0 Å². The number of hydrogen-bond donors (Lipinski definition) is 0. The Morgan fingerprint density at radius 3 is 2.88 bits per heavy atom. The van der Waals surface area contributed by atoms with Gasteiger partial charge in [0, 0.05) is 15.8 Å². The summed E-state index contributed by atoms with van der Waals surface area (Å²) < 4.78 is 5.11. The summed E-state index contributed by atoms with van der Waals surface area (Å²) in [7, 11) is 1.55. The number of thiophene rings is 1. The molecule has 0 N–H and O–H groups in total. The molecule has 0 saturated carbocycles. The predicted molar refractivity (Wildman–Crippen MR) is 99.9 cm³/mol. The minimum absolute atomic E-state index is 0.00209. The van der Waals surface area contributed by atoms with Crippen molar-refractivity contribution in [3.8, 4) is 5.75 Å². The molecule has 0 radical (unpaired) electrons. The summed E-state index contributed by atoms with van der Waals surface area (Å²) >= 11 is 9.18. The summed E-state index contributed by atoms with van der Waals surface area (Å²) in [6.07, 6.45) is 2.52. The standard InChI is InChI=1S/C17H15ClN2O2S2/c1-3-11-7-12-16(19-9-20-17(12)24-11)23-8-14(21)10-4-5-15(22-2)13(18)6-10/h4-7,9H,3,8H2,1-2H3. The van der Waals surface area contributed by atoms with Crippen molar-refractivity contribution >= 4 is 50.7 Å². The molecule has 124 valence electrons. The minimum Gasteiger partial charge on any atom is -0.495 e. The van der Waals surface area contributed by atoms with Crippen molar-refractivity contribution in [2.45, 2.75) is 18.4 Å². The van der Waals surface area contributed by atoms with Crippen molar-refractivity contribution < 1.29 is 9.53 Å². The molecule has 7 heteroatoms. The summed E-state index contributed by atoms with van der Waals surface area (Å²) in [4.78, 5) is 23.3. The number of aryl methyl sites for hydroxylation is 1. The zero-order valence-corrected chi connectivity index (χ0v) is 15.6. The largest absolute Gasteiger partial charge is 0.495 e. The lowest BCUT2D eigenvalue weighted by Crippen LogP contribution is -2.03. The number of fused-ring (bicyclic) bond motifs is 1. The number of rotatable bonds is 6. The van der Waals surface area contributed by atoms with Gasteiger partial charge >= 0.3 is 0 Å². The van der Waals surface area contributed by atoms with Gasteiger partial charge in [-0.1, -0.05) is 30.3 Å². The molecule has 3 aromatic rings. The van der Waals surface area contributed by atoms with Gasteiger partial charge in [-0.15, -0.1) is 11.3 Å². The SMILES string of the molecule is CCc1cc2c(SCC(=O)c3ccc(OC)c(Cl)c3)ncnc2s1. The Kier molecular flexibility index (Phi) is 5.38. The van der Waals surface area contributed by atoms with Crippen molar-refractivity contribution in [2.24, 2.45) is 0 Å². The fourth-order valence-corrected chi connectivity index (χ4v) is 4.35. The highest BCUT2D eigenvalue weighted by Gasteiger charge is 2.13. The average molecular weight is 379 g/mol. The molecule has 0 atom stereocenters. The molecule has 0 fully saturated rings. The van der Waals surface area contributed by atoms with Crippen LogP contribution in [0.4, 0.5) is 0 Å². The van der Waals surface area contributed by atoms with Crippen molar-refractivity contribution in [3.05, 3.63) is 46.1 Å². The number of methoxy groups -OCH3 is 1. The lowest BCUT2D eigenvalue weighted by Gasteiger charge is -2.06. The Labute approximate surface area is 153 Å². The van der Waals surface area contributed by atoms with Crippen LogP contribution in [0, 0.1) is 0 Å². The van der Waals surface area contributed by atoms with Crippen LogP contribution in [0.1, 0.15) is 22.2 Å². The van der Waals surface area contributed by atoms with Crippen LogP contribution in [0.2, 0.25) is 5.02 Å². The van der Waals surface area contributed by atoms with Crippen LogP contribution in [0.15, 0.2) is 35.6 Å². The van der Waals surface area contributed by atoms with Crippen molar-refractivity contribution in [2.75, 3.05) is 12.9 Å². The summed E-state index contributed by atoms with van der Waals surface area (Å²) in [5.74, 6) is 0.859. The van der Waals surface area contributed by atoms with Gasteiger partial charge in [-0.25, -0.2) is 9.97 Å². The smallest absolute Gasteiger partial charge is 0.173 e. The third-order valence-electron chi connectivity index (χ3n) is 3.51. The Morgan fingerprint density at radius 2 is 2.17 bits per heavy atom. The molecule has 0 aliphatic rings. The van der Waals surface area contributed by atoms with Crippen molar-refractivity contribution in [1.82, 2.24) is 9.97 Å². The highest BCUT2D eigenvalue weighted by Crippen LogP contribution is 2.32. The maximum atomic E-state index is 12.4. The molecule has 0 amide bonds. The summed E-state index contributed by atoms with van der Waals surface area (Å²) in [5, 5.41) is 2.29. The van der Waals surface area contributed by atoms with Gasteiger partial charge in [0.15, 0.2) is 5.78 Å². The van der Waals surface area contributed by atoms with E-state index in [1.54, 1.807) is 43.0 Å². The van der Waals surface area contributed by atoms with Gasteiger partial charge in [-0.05, 0) is 30.7 Å². The molecular formula is C17H15ClN2O2S2. The number of ketones is 1.